The number of alkyl halides is 1. The summed E-state index contributed by atoms with van der Waals surface area (Å²) in [5, 5.41) is 0.725. The third-order valence-corrected chi connectivity index (χ3v) is 3.34. The standard InChI is InChI=1S/C15H13Cl2/c1-12-6-9-15(17,10-7-12)11-8-13-4-2-3-5-14(13)16/h2-12H,1H2/b11-8+. The molecule has 17 heavy (non-hydrogen) atoms. The molecule has 1 aliphatic carbocycles. The van der Waals surface area contributed by atoms with Crippen LogP contribution >= 0.6 is 23.2 Å². The largest absolute Gasteiger partial charge is 0.106 e. The van der Waals surface area contributed by atoms with Crippen molar-refractivity contribution in [3.63, 3.8) is 0 Å². The van der Waals surface area contributed by atoms with Gasteiger partial charge >= 0.3 is 0 Å². The van der Waals surface area contributed by atoms with Crippen molar-refractivity contribution < 1.29 is 0 Å². The van der Waals surface area contributed by atoms with E-state index in [4.69, 9.17) is 23.2 Å². The zero-order chi connectivity index (χ0) is 12.3. The Morgan fingerprint density at radius 2 is 1.82 bits per heavy atom. The zero-order valence-electron chi connectivity index (χ0n) is 9.31. The molecule has 0 nitrogen and oxygen atoms in total. The second-order valence-corrected chi connectivity index (χ2v) is 5.13. The van der Waals surface area contributed by atoms with Gasteiger partial charge in [0.25, 0.3) is 0 Å². The summed E-state index contributed by atoms with van der Waals surface area (Å²) in [4.78, 5) is -0.562. The molecule has 0 N–H and O–H groups in total. The molecule has 0 unspecified atom stereocenters. The summed E-state index contributed by atoms with van der Waals surface area (Å²) < 4.78 is 0. The van der Waals surface area contributed by atoms with Crippen LogP contribution in [0.3, 0.4) is 0 Å². The van der Waals surface area contributed by atoms with E-state index in [1.54, 1.807) is 0 Å². The minimum atomic E-state index is -0.562. The van der Waals surface area contributed by atoms with Gasteiger partial charge in [0.2, 0.25) is 0 Å². The van der Waals surface area contributed by atoms with Crippen LogP contribution in [0.25, 0.3) is 6.08 Å². The molecule has 0 heterocycles. The molecule has 0 atom stereocenters. The Morgan fingerprint density at radius 3 is 2.47 bits per heavy atom. The molecule has 0 amide bonds. The van der Waals surface area contributed by atoms with Gasteiger partial charge < -0.3 is 0 Å². The van der Waals surface area contributed by atoms with E-state index >= 15 is 0 Å². The molecule has 1 aliphatic rings. The summed E-state index contributed by atoms with van der Waals surface area (Å²) in [5.74, 6) is 0.204. The highest BCUT2D eigenvalue weighted by atomic mass is 35.5. The normalized spacial score (nSPS) is 27.8. The van der Waals surface area contributed by atoms with Crippen LogP contribution in [0.15, 0.2) is 54.6 Å². The lowest BCUT2D eigenvalue weighted by atomic mass is 9.96. The molecule has 87 valence electrons. The smallest absolute Gasteiger partial charge is 0.0990 e. The third-order valence-electron chi connectivity index (χ3n) is 2.62. The van der Waals surface area contributed by atoms with E-state index in [0.717, 1.165) is 10.6 Å². The van der Waals surface area contributed by atoms with Crippen LogP contribution in [0.4, 0.5) is 0 Å². The Balaban J connectivity index is 2.19. The minimum absolute atomic E-state index is 0.204. The summed E-state index contributed by atoms with van der Waals surface area (Å²) in [6, 6.07) is 7.68. The first-order valence-corrected chi connectivity index (χ1v) is 6.19. The maximum absolute atomic E-state index is 6.41. The summed E-state index contributed by atoms with van der Waals surface area (Å²) in [6.07, 6.45) is 11.7. The van der Waals surface area contributed by atoms with E-state index in [1.807, 2.05) is 60.7 Å². The zero-order valence-corrected chi connectivity index (χ0v) is 10.8. The SMILES string of the molecule is [CH2]C1C=CC(Cl)(/C=C/c2ccccc2Cl)C=C1. The molecule has 0 saturated carbocycles. The first-order chi connectivity index (χ1) is 8.09. The molecule has 0 spiro atoms. The van der Waals surface area contributed by atoms with Gasteiger partial charge in [-0.1, -0.05) is 66.3 Å². The molecule has 1 aromatic rings. The topological polar surface area (TPSA) is 0 Å². The average molecular weight is 264 g/mol. The van der Waals surface area contributed by atoms with E-state index < -0.39 is 4.87 Å². The monoisotopic (exact) mass is 263 g/mol. The molecule has 0 saturated heterocycles. The Labute approximate surface area is 112 Å². The number of hydrogen-bond acceptors (Lipinski definition) is 0. The van der Waals surface area contributed by atoms with Gasteiger partial charge in [-0.05, 0) is 24.5 Å². The highest BCUT2D eigenvalue weighted by molar-refractivity contribution is 6.32. The lowest BCUT2D eigenvalue weighted by Crippen LogP contribution is -2.14. The van der Waals surface area contributed by atoms with Gasteiger partial charge in [0.05, 0.1) is 4.87 Å². The van der Waals surface area contributed by atoms with Gasteiger partial charge in [-0.25, -0.2) is 0 Å². The maximum atomic E-state index is 6.41. The Bertz CT molecular complexity index is 469. The molecule has 0 aromatic heterocycles. The summed E-state index contributed by atoms with van der Waals surface area (Å²) >= 11 is 12.5. The minimum Gasteiger partial charge on any atom is -0.106 e. The number of benzene rings is 1. The van der Waals surface area contributed by atoms with E-state index in [9.17, 15) is 0 Å². The first-order valence-electron chi connectivity index (χ1n) is 5.43. The third kappa shape index (κ3) is 3.24. The Kier molecular flexibility index (Phi) is 3.76. The van der Waals surface area contributed by atoms with Crippen LogP contribution in [0.1, 0.15) is 5.56 Å². The second kappa shape index (κ2) is 5.12. The van der Waals surface area contributed by atoms with Gasteiger partial charge in [0, 0.05) is 5.02 Å². The van der Waals surface area contributed by atoms with Crippen LogP contribution in [-0.4, -0.2) is 4.87 Å². The van der Waals surface area contributed by atoms with Crippen molar-refractivity contribution in [2.75, 3.05) is 0 Å². The second-order valence-electron chi connectivity index (χ2n) is 4.06. The first kappa shape index (κ1) is 12.5. The van der Waals surface area contributed by atoms with E-state index in [2.05, 4.69) is 6.92 Å². The fourth-order valence-corrected chi connectivity index (χ4v) is 2.01. The molecule has 0 bridgehead atoms. The maximum Gasteiger partial charge on any atom is 0.0990 e. The van der Waals surface area contributed by atoms with Gasteiger partial charge in [0.15, 0.2) is 0 Å². The fourth-order valence-electron chi connectivity index (χ4n) is 1.60. The summed E-state index contributed by atoms with van der Waals surface area (Å²) in [6.45, 7) is 3.92. The van der Waals surface area contributed by atoms with E-state index in [-0.39, 0.29) is 5.92 Å². The van der Waals surface area contributed by atoms with Crippen LogP contribution in [-0.2, 0) is 0 Å². The number of hydrogen-bond donors (Lipinski definition) is 0. The van der Waals surface area contributed by atoms with Crippen LogP contribution < -0.4 is 0 Å². The van der Waals surface area contributed by atoms with Crippen molar-refractivity contribution in [3.05, 3.63) is 72.2 Å². The van der Waals surface area contributed by atoms with Crippen LogP contribution in [0.2, 0.25) is 5.02 Å². The molecule has 0 fully saturated rings. The van der Waals surface area contributed by atoms with Crippen LogP contribution in [0, 0.1) is 12.8 Å². The molecular weight excluding hydrogens is 251 g/mol. The van der Waals surface area contributed by atoms with Crippen molar-refractivity contribution in [1.29, 1.82) is 0 Å². The Hall–Kier alpha value is -0.980. The predicted molar refractivity (Wildman–Crippen MR) is 76.2 cm³/mol. The fraction of sp³-hybridized carbons (Fsp3) is 0.133. The number of rotatable bonds is 2. The number of halogens is 2. The van der Waals surface area contributed by atoms with E-state index in [1.165, 1.54) is 0 Å². The average Bonchev–Trinajstić information content (AvgIpc) is 2.33. The lowest BCUT2D eigenvalue weighted by Gasteiger charge is -2.19. The highest BCUT2D eigenvalue weighted by Crippen LogP contribution is 2.28. The van der Waals surface area contributed by atoms with Gasteiger partial charge in [-0.2, -0.15) is 0 Å². The summed E-state index contributed by atoms with van der Waals surface area (Å²) in [5.41, 5.74) is 0.965. The van der Waals surface area contributed by atoms with Crippen molar-refractivity contribution >= 4 is 29.3 Å². The van der Waals surface area contributed by atoms with Crippen molar-refractivity contribution in [3.8, 4) is 0 Å². The van der Waals surface area contributed by atoms with Crippen molar-refractivity contribution in [1.82, 2.24) is 0 Å². The van der Waals surface area contributed by atoms with Crippen LogP contribution in [0.5, 0.6) is 0 Å². The molecular formula is C15H13Cl2. The quantitative estimate of drug-likeness (QED) is 0.526. The molecule has 2 heteroatoms. The Morgan fingerprint density at radius 1 is 1.18 bits per heavy atom. The van der Waals surface area contributed by atoms with Gasteiger partial charge in [-0.3, -0.25) is 0 Å². The number of allylic oxidation sites excluding steroid dienone is 5. The lowest BCUT2D eigenvalue weighted by molar-refractivity contribution is 0.961. The van der Waals surface area contributed by atoms with E-state index in [0.29, 0.717) is 0 Å². The predicted octanol–water partition coefficient (Wildman–Crippen LogP) is 4.91. The highest BCUT2D eigenvalue weighted by Gasteiger charge is 2.19. The molecule has 1 radical (unpaired) electrons. The summed E-state index contributed by atoms with van der Waals surface area (Å²) in [7, 11) is 0. The molecule has 0 aliphatic heterocycles. The molecule has 2 rings (SSSR count). The molecule has 1 aromatic carbocycles. The van der Waals surface area contributed by atoms with Crippen molar-refractivity contribution in [2.45, 2.75) is 4.87 Å². The van der Waals surface area contributed by atoms with Crippen molar-refractivity contribution in [2.24, 2.45) is 5.92 Å². The van der Waals surface area contributed by atoms with Gasteiger partial charge in [0.1, 0.15) is 0 Å². The van der Waals surface area contributed by atoms with Gasteiger partial charge in [-0.15, -0.1) is 11.6 Å².